The van der Waals surface area contributed by atoms with E-state index in [1.165, 1.54) is 7.11 Å². The van der Waals surface area contributed by atoms with Crippen molar-refractivity contribution in [1.29, 1.82) is 0 Å². The Hall–Kier alpha value is -2.78. The number of methoxy groups -OCH3 is 1. The number of amides is 1. The molecule has 0 fully saturated rings. The summed E-state index contributed by atoms with van der Waals surface area (Å²) in [7, 11) is -2.73. The van der Waals surface area contributed by atoms with Gasteiger partial charge in [0.05, 0.1) is 12.0 Å². The summed E-state index contributed by atoms with van der Waals surface area (Å²) in [6.45, 7) is 0. The van der Waals surface area contributed by atoms with E-state index in [4.69, 9.17) is 4.74 Å². The average Bonchev–Trinajstić information content (AvgIpc) is 2.98. The molecule has 9 heteroatoms. The van der Waals surface area contributed by atoms with E-state index >= 15 is 0 Å². The Labute approximate surface area is 158 Å². The fourth-order valence-corrected chi connectivity index (χ4v) is 4.74. The molecule has 27 heavy (non-hydrogen) atoms. The van der Waals surface area contributed by atoms with Crippen LogP contribution in [0.25, 0.3) is 10.1 Å². The molecule has 3 rings (SSSR count). The van der Waals surface area contributed by atoms with E-state index in [1.807, 2.05) is 0 Å². The molecule has 1 N–H and O–H groups in total. The number of carbonyl (C=O) groups excluding carboxylic acids is 2. The van der Waals surface area contributed by atoms with Crippen molar-refractivity contribution < 1.29 is 27.1 Å². The maximum atomic E-state index is 13.0. The highest BCUT2D eigenvalue weighted by Crippen LogP contribution is 2.36. The molecule has 0 aliphatic carbocycles. The van der Waals surface area contributed by atoms with Crippen molar-refractivity contribution in [3.8, 4) is 0 Å². The number of hydrogen-bond donors (Lipinski definition) is 1. The van der Waals surface area contributed by atoms with E-state index < -0.39 is 33.3 Å². The minimum Gasteiger partial charge on any atom is -0.465 e. The van der Waals surface area contributed by atoms with Crippen LogP contribution >= 0.6 is 11.3 Å². The highest BCUT2D eigenvalue weighted by atomic mass is 32.2. The number of halogens is 1. The normalized spacial score (nSPS) is 11.3. The summed E-state index contributed by atoms with van der Waals surface area (Å²) < 4.78 is 43.1. The van der Waals surface area contributed by atoms with Crippen LogP contribution in [0.5, 0.6) is 0 Å². The van der Waals surface area contributed by atoms with Crippen LogP contribution in [0.4, 0.5) is 9.39 Å². The molecule has 0 saturated heterocycles. The number of nitrogens with one attached hydrogen (secondary N) is 1. The molecule has 1 amide bonds. The van der Waals surface area contributed by atoms with Crippen LogP contribution in [0.2, 0.25) is 0 Å². The Kier molecular flexibility index (Phi) is 5.24. The van der Waals surface area contributed by atoms with Crippen LogP contribution in [0.15, 0.2) is 53.4 Å². The fourth-order valence-electron chi connectivity index (χ4n) is 2.50. The monoisotopic (exact) mass is 407 g/mol. The van der Waals surface area contributed by atoms with E-state index in [2.05, 4.69) is 5.32 Å². The second kappa shape index (κ2) is 7.45. The molecule has 0 radical (unpaired) electrons. The van der Waals surface area contributed by atoms with Gasteiger partial charge in [0.2, 0.25) is 5.91 Å². The molecular weight excluding hydrogens is 393 g/mol. The van der Waals surface area contributed by atoms with Crippen molar-refractivity contribution in [2.24, 2.45) is 0 Å². The first kappa shape index (κ1) is 19.0. The molecule has 0 bridgehead atoms. The van der Waals surface area contributed by atoms with Crippen molar-refractivity contribution in [1.82, 2.24) is 0 Å². The Balaban J connectivity index is 1.88. The van der Waals surface area contributed by atoms with Crippen LogP contribution in [0, 0.1) is 5.82 Å². The predicted molar refractivity (Wildman–Crippen MR) is 100 cm³/mol. The molecule has 0 atom stereocenters. The van der Waals surface area contributed by atoms with E-state index in [0.717, 1.165) is 40.3 Å². The lowest BCUT2D eigenvalue weighted by Crippen LogP contribution is -2.23. The maximum absolute atomic E-state index is 13.0. The average molecular weight is 407 g/mol. The second-order valence-corrected chi connectivity index (χ2v) is 8.60. The Morgan fingerprint density at radius 1 is 1.11 bits per heavy atom. The highest BCUT2D eigenvalue weighted by molar-refractivity contribution is 7.92. The lowest BCUT2D eigenvalue weighted by molar-refractivity contribution is -0.113. The number of ether oxygens (including phenoxy) is 1. The van der Waals surface area contributed by atoms with Gasteiger partial charge in [0.15, 0.2) is 9.84 Å². The van der Waals surface area contributed by atoms with Crippen LogP contribution < -0.4 is 5.32 Å². The van der Waals surface area contributed by atoms with Gasteiger partial charge in [0.1, 0.15) is 22.1 Å². The molecule has 1 aromatic heterocycles. The second-order valence-electron chi connectivity index (χ2n) is 5.56. The third-order valence-electron chi connectivity index (χ3n) is 3.73. The van der Waals surface area contributed by atoms with E-state index in [-0.39, 0.29) is 15.5 Å². The first-order valence-electron chi connectivity index (χ1n) is 7.70. The number of benzene rings is 2. The number of fused-ring (bicyclic) bond motifs is 1. The molecule has 2 aromatic carbocycles. The van der Waals surface area contributed by atoms with Crippen molar-refractivity contribution in [2.45, 2.75) is 4.90 Å². The molecular formula is C18H14FNO5S2. The minimum atomic E-state index is -3.96. The number of rotatable bonds is 5. The van der Waals surface area contributed by atoms with Crippen LogP contribution in [0.1, 0.15) is 10.4 Å². The molecule has 140 valence electrons. The molecule has 0 spiro atoms. The fraction of sp³-hybridized carbons (Fsp3) is 0.111. The summed E-state index contributed by atoms with van der Waals surface area (Å²) in [5, 5.41) is 3.29. The number of thiophene rings is 1. The molecule has 0 aliphatic rings. The third kappa shape index (κ3) is 3.99. The zero-order valence-corrected chi connectivity index (χ0v) is 15.7. The van der Waals surface area contributed by atoms with Crippen LogP contribution in [-0.4, -0.2) is 33.2 Å². The maximum Gasteiger partial charge on any atom is 0.341 e. The number of sulfone groups is 1. The van der Waals surface area contributed by atoms with Crippen molar-refractivity contribution in [2.75, 3.05) is 18.2 Å². The SMILES string of the molecule is COC(=O)c1c(NC(=O)CS(=O)(=O)c2ccc(F)cc2)sc2ccccc12. The number of esters is 1. The smallest absolute Gasteiger partial charge is 0.341 e. The zero-order valence-electron chi connectivity index (χ0n) is 14.1. The van der Waals surface area contributed by atoms with Crippen molar-refractivity contribution >= 4 is 48.1 Å². The molecule has 3 aromatic rings. The van der Waals surface area contributed by atoms with Gasteiger partial charge >= 0.3 is 5.97 Å². The van der Waals surface area contributed by atoms with Gasteiger partial charge in [-0.1, -0.05) is 18.2 Å². The zero-order chi connectivity index (χ0) is 19.6. The van der Waals surface area contributed by atoms with Gasteiger partial charge in [-0.25, -0.2) is 17.6 Å². The third-order valence-corrected chi connectivity index (χ3v) is 6.45. The van der Waals surface area contributed by atoms with Gasteiger partial charge in [0.25, 0.3) is 0 Å². The Morgan fingerprint density at radius 2 is 1.78 bits per heavy atom. The van der Waals surface area contributed by atoms with Gasteiger partial charge in [-0.2, -0.15) is 0 Å². The molecule has 1 heterocycles. The summed E-state index contributed by atoms with van der Waals surface area (Å²) in [5.41, 5.74) is 0.172. The predicted octanol–water partition coefficient (Wildman–Crippen LogP) is 3.24. The number of carbonyl (C=O) groups is 2. The summed E-state index contributed by atoms with van der Waals surface area (Å²) >= 11 is 1.14. The Bertz CT molecular complexity index is 1120. The van der Waals surface area contributed by atoms with E-state index in [1.54, 1.807) is 24.3 Å². The molecule has 0 aliphatic heterocycles. The molecule has 6 nitrogen and oxygen atoms in total. The Morgan fingerprint density at radius 3 is 2.44 bits per heavy atom. The number of hydrogen-bond acceptors (Lipinski definition) is 6. The van der Waals surface area contributed by atoms with E-state index in [0.29, 0.717) is 5.39 Å². The lowest BCUT2D eigenvalue weighted by atomic mass is 10.1. The first-order valence-corrected chi connectivity index (χ1v) is 10.2. The summed E-state index contributed by atoms with van der Waals surface area (Å²) in [4.78, 5) is 24.2. The summed E-state index contributed by atoms with van der Waals surface area (Å²) in [6.07, 6.45) is 0. The highest BCUT2D eigenvalue weighted by Gasteiger charge is 2.24. The topological polar surface area (TPSA) is 89.5 Å². The molecule has 0 saturated carbocycles. The van der Waals surface area contributed by atoms with E-state index in [9.17, 15) is 22.4 Å². The van der Waals surface area contributed by atoms with Crippen molar-refractivity contribution in [3.63, 3.8) is 0 Å². The summed E-state index contributed by atoms with van der Waals surface area (Å²) in [5.74, 6) is -2.86. The van der Waals surface area contributed by atoms with Gasteiger partial charge in [-0.05, 0) is 30.3 Å². The van der Waals surface area contributed by atoms with Gasteiger partial charge in [-0.3, -0.25) is 4.79 Å². The van der Waals surface area contributed by atoms with Crippen molar-refractivity contribution in [3.05, 3.63) is 59.9 Å². The van der Waals surface area contributed by atoms with Gasteiger partial charge in [0, 0.05) is 10.1 Å². The van der Waals surface area contributed by atoms with Crippen LogP contribution in [-0.2, 0) is 19.4 Å². The summed E-state index contributed by atoms with van der Waals surface area (Å²) in [6, 6.07) is 11.2. The standard InChI is InChI=1S/C18H14FNO5S2/c1-25-18(22)16-13-4-2-3-5-14(13)26-17(16)20-15(21)10-27(23,24)12-8-6-11(19)7-9-12/h2-9H,10H2,1H3,(H,20,21). The first-order chi connectivity index (χ1) is 12.8. The number of anilines is 1. The van der Waals surface area contributed by atoms with Crippen LogP contribution in [0.3, 0.4) is 0 Å². The van der Waals surface area contributed by atoms with Gasteiger partial charge in [-0.15, -0.1) is 11.3 Å². The largest absolute Gasteiger partial charge is 0.465 e. The lowest BCUT2D eigenvalue weighted by Gasteiger charge is -2.07. The van der Waals surface area contributed by atoms with Gasteiger partial charge < -0.3 is 10.1 Å². The minimum absolute atomic E-state index is 0.163. The quantitative estimate of drug-likeness (QED) is 0.518. The molecule has 0 unspecified atom stereocenters.